The van der Waals surface area contributed by atoms with Crippen molar-refractivity contribution < 1.29 is 33.4 Å². The number of hydrazine groups is 1. The van der Waals surface area contributed by atoms with Gasteiger partial charge in [-0.05, 0) is 48.9 Å². The molecule has 0 spiro atoms. The molecule has 0 saturated carbocycles. The second-order valence-electron chi connectivity index (χ2n) is 6.95. The number of carbonyl (C=O) groups excluding carboxylic acids is 5. The zero-order valence-corrected chi connectivity index (χ0v) is 19.1. The number of carbonyl (C=O) groups is 5. The topological polar surface area (TPSA) is 131 Å². The van der Waals surface area contributed by atoms with Crippen molar-refractivity contribution in [2.75, 3.05) is 26.9 Å². The Balaban J connectivity index is 1.52. The molecule has 0 atom stereocenters. The molecule has 0 aliphatic carbocycles. The lowest BCUT2D eigenvalue weighted by Gasteiger charge is -2.12. The van der Waals surface area contributed by atoms with Gasteiger partial charge in [-0.25, -0.2) is 4.79 Å². The van der Waals surface area contributed by atoms with Crippen molar-refractivity contribution >= 4 is 45.5 Å². The fourth-order valence-corrected chi connectivity index (χ4v) is 3.30. The number of methoxy groups -OCH3 is 1. The number of rotatable bonds is 8. The zero-order valence-electron chi connectivity index (χ0n) is 17.6. The third-order valence-electron chi connectivity index (χ3n) is 4.69. The summed E-state index contributed by atoms with van der Waals surface area (Å²) in [5.74, 6) is -3.10. The van der Waals surface area contributed by atoms with Gasteiger partial charge in [0.15, 0.2) is 6.61 Å². The predicted octanol–water partition coefficient (Wildman–Crippen LogP) is 1.70. The monoisotopic (exact) mass is 517 g/mol. The molecule has 0 saturated heterocycles. The van der Waals surface area contributed by atoms with Crippen molar-refractivity contribution in [3.63, 3.8) is 0 Å². The van der Waals surface area contributed by atoms with Crippen molar-refractivity contribution in [1.82, 2.24) is 15.8 Å². The smallest absolute Gasteiger partial charge is 0.338 e. The van der Waals surface area contributed by atoms with Gasteiger partial charge in [0.05, 0.1) is 16.7 Å². The standard InChI is InChI=1S/C22H20BrN3O7/c1-32-10-2-9-26-20(29)16-8-5-14(11-17(16)21(26)30)22(31)33-12-18(27)24-25-19(28)13-3-6-15(23)7-4-13/h3-8,11H,2,9-10,12H2,1H3,(H,24,27)(H,25,28). The first-order valence-electron chi connectivity index (χ1n) is 9.83. The summed E-state index contributed by atoms with van der Waals surface area (Å²) in [6, 6.07) is 10.5. The maximum atomic E-state index is 12.5. The summed E-state index contributed by atoms with van der Waals surface area (Å²) in [4.78, 5) is 62.2. The lowest BCUT2D eigenvalue weighted by molar-refractivity contribution is -0.125. The third-order valence-corrected chi connectivity index (χ3v) is 5.22. The molecule has 33 heavy (non-hydrogen) atoms. The lowest BCUT2D eigenvalue weighted by Crippen LogP contribution is -2.43. The van der Waals surface area contributed by atoms with Crippen LogP contribution in [0.15, 0.2) is 46.9 Å². The van der Waals surface area contributed by atoms with Crippen LogP contribution in [0.4, 0.5) is 0 Å². The highest BCUT2D eigenvalue weighted by Crippen LogP contribution is 2.24. The van der Waals surface area contributed by atoms with Gasteiger partial charge in [-0.2, -0.15) is 0 Å². The second-order valence-corrected chi connectivity index (χ2v) is 7.87. The average molecular weight is 518 g/mol. The van der Waals surface area contributed by atoms with Crippen molar-refractivity contribution in [2.45, 2.75) is 6.42 Å². The molecule has 0 aromatic heterocycles. The third kappa shape index (κ3) is 5.82. The molecule has 1 heterocycles. The quantitative estimate of drug-likeness (QED) is 0.235. The molecule has 1 aliphatic rings. The number of hydrogen-bond donors (Lipinski definition) is 2. The van der Waals surface area contributed by atoms with Gasteiger partial charge in [-0.3, -0.25) is 34.9 Å². The molecule has 3 rings (SSSR count). The number of nitrogens with one attached hydrogen (secondary N) is 2. The molecule has 172 valence electrons. The van der Waals surface area contributed by atoms with E-state index >= 15 is 0 Å². The van der Waals surface area contributed by atoms with Crippen LogP contribution in [0.1, 0.15) is 47.9 Å². The first-order chi connectivity index (χ1) is 15.8. The summed E-state index contributed by atoms with van der Waals surface area (Å²) in [6.07, 6.45) is 0.490. The molecule has 10 nitrogen and oxygen atoms in total. The zero-order chi connectivity index (χ0) is 24.0. The SMILES string of the molecule is COCCCN1C(=O)c2ccc(C(=O)OCC(=O)NNC(=O)c3ccc(Br)cc3)cc2C1=O. The van der Waals surface area contributed by atoms with Crippen LogP contribution in [0.2, 0.25) is 0 Å². The van der Waals surface area contributed by atoms with E-state index in [1.54, 1.807) is 24.3 Å². The van der Waals surface area contributed by atoms with Crippen LogP contribution in [-0.2, 0) is 14.3 Å². The van der Waals surface area contributed by atoms with Crippen LogP contribution in [0.5, 0.6) is 0 Å². The molecule has 1 aliphatic heterocycles. The molecule has 0 unspecified atom stereocenters. The fraction of sp³-hybridized carbons (Fsp3) is 0.227. The maximum Gasteiger partial charge on any atom is 0.338 e. The Labute approximate surface area is 197 Å². The first-order valence-corrected chi connectivity index (χ1v) is 10.6. The van der Waals surface area contributed by atoms with E-state index in [0.29, 0.717) is 18.6 Å². The molecule has 2 aromatic rings. The summed E-state index contributed by atoms with van der Waals surface area (Å²) in [7, 11) is 1.52. The molecular weight excluding hydrogens is 498 g/mol. The number of esters is 1. The number of halogens is 1. The molecule has 11 heteroatoms. The second kappa shape index (κ2) is 10.8. The van der Waals surface area contributed by atoms with E-state index in [4.69, 9.17) is 9.47 Å². The van der Waals surface area contributed by atoms with Crippen LogP contribution in [0, 0.1) is 0 Å². The van der Waals surface area contributed by atoms with Crippen molar-refractivity contribution in [2.24, 2.45) is 0 Å². The van der Waals surface area contributed by atoms with E-state index in [1.807, 2.05) is 0 Å². The van der Waals surface area contributed by atoms with Gasteiger partial charge in [0, 0.05) is 30.3 Å². The molecule has 0 radical (unpaired) electrons. The lowest BCUT2D eigenvalue weighted by atomic mass is 10.1. The van der Waals surface area contributed by atoms with Gasteiger partial charge in [0.2, 0.25) is 0 Å². The Morgan fingerprint density at radius 2 is 1.61 bits per heavy atom. The highest BCUT2D eigenvalue weighted by atomic mass is 79.9. The van der Waals surface area contributed by atoms with E-state index in [1.165, 1.54) is 25.3 Å². The minimum absolute atomic E-state index is 0.0142. The Kier molecular flexibility index (Phi) is 7.91. The number of ether oxygens (including phenoxy) is 2. The number of benzene rings is 2. The van der Waals surface area contributed by atoms with Crippen LogP contribution in [0.25, 0.3) is 0 Å². The Bertz CT molecular complexity index is 1100. The Hall–Kier alpha value is -3.57. The van der Waals surface area contributed by atoms with Gasteiger partial charge in [-0.1, -0.05) is 15.9 Å². The number of hydrogen-bond acceptors (Lipinski definition) is 7. The summed E-state index contributed by atoms with van der Waals surface area (Å²) in [5, 5.41) is 0. The fourth-order valence-electron chi connectivity index (χ4n) is 3.04. The van der Waals surface area contributed by atoms with E-state index in [-0.39, 0.29) is 23.2 Å². The van der Waals surface area contributed by atoms with Gasteiger partial charge in [0.1, 0.15) is 0 Å². The van der Waals surface area contributed by atoms with Crippen molar-refractivity contribution in [1.29, 1.82) is 0 Å². The highest BCUT2D eigenvalue weighted by molar-refractivity contribution is 9.10. The number of imide groups is 1. The van der Waals surface area contributed by atoms with E-state index in [0.717, 1.165) is 9.37 Å². The normalized spacial score (nSPS) is 12.4. The molecule has 2 N–H and O–H groups in total. The predicted molar refractivity (Wildman–Crippen MR) is 118 cm³/mol. The molecule has 0 bridgehead atoms. The molecule has 2 aromatic carbocycles. The van der Waals surface area contributed by atoms with Crippen LogP contribution < -0.4 is 10.9 Å². The Morgan fingerprint density at radius 1 is 0.939 bits per heavy atom. The van der Waals surface area contributed by atoms with Crippen LogP contribution in [0.3, 0.4) is 0 Å². The van der Waals surface area contributed by atoms with E-state index in [2.05, 4.69) is 26.8 Å². The molecular formula is C22H20BrN3O7. The van der Waals surface area contributed by atoms with E-state index in [9.17, 15) is 24.0 Å². The van der Waals surface area contributed by atoms with Crippen LogP contribution >= 0.6 is 15.9 Å². The first kappa shape index (κ1) is 24.1. The minimum Gasteiger partial charge on any atom is -0.452 e. The largest absolute Gasteiger partial charge is 0.452 e. The van der Waals surface area contributed by atoms with Gasteiger partial charge < -0.3 is 9.47 Å². The molecule has 0 fully saturated rings. The van der Waals surface area contributed by atoms with Gasteiger partial charge >= 0.3 is 5.97 Å². The summed E-state index contributed by atoms with van der Waals surface area (Å²) < 4.78 is 10.7. The maximum absolute atomic E-state index is 12.5. The van der Waals surface area contributed by atoms with Gasteiger partial charge in [-0.15, -0.1) is 0 Å². The summed E-state index contributed by atoms with van der Waals surface area (Å²) in [6.45, 7) is -0.0602. The number of fused-ring (bicyclic) bond motifs is 1. The Morgan fingerprint density at radius 3 is 2.30 bits per heavy atom. The highest BCUT2D eigenvalue weighted by Gasteiger charge is 2.35. The summed E-state index contributed by atoms with van der Waals surface area (Å²) in [5.41, 5.74) is 4.98. The summed E-state index contributed by atoms with van der Waals surface area (Å²) >= 11 is 3.26. The van der Waals surface area contributed by atoms with E-state index < -0.39 is 36.2 Å². The molecule has 4 amide bonds. The van der Waals surface area contributed by atoms with Crippen molar-refractivity contribution in [3.8, 4) is 0 Å². The van der Waals surface area contributed by atoms with Gasteiger partial charge in [0.25, 0.3) is 23.6 Å². The number of amides is 4. The number of nitrogens with zero attached hydrogens (tertiary/aromatic N) is 1. The van der Waals surface area contributed by atoms with Crippen molar-refractivity contribution in [3.05, 3.63) is 69.2 Å². The average Bonchev–Trinajstić information content (AvgIpc) is 3.05. The minimum atomic E-state index is -0.856. The van der Waals surface area contributed by atoms with Crippen LogP contribution in [-0.4, -0.2) is 61.4 Å².